The standard InChI is InChI=1S/C26H23F3N4O2S/c27-26(28,29)20-10-8-19(9-11-20)23-16-32-25(22-7-4-13-30-24(22)23)31-15-21-12-14-36(34,35)33(21)17-18-5-2-1-3-6-18/h1-11,13,16,21H,12,14-15,17H2,(H,31,32). The van der Waals surface area contributed by atoms with E-state index in [-0.39, 0.29) is 11.8 Å². The molecule has 1 fully saturated rings. The van der Waals surface area contributed by atoms with Crippen molar-refractivity contribution in [3.63, 3.8) is 0 Å². The largest absolute Gasteiger partial charge is 0.416 e. The Hall–Kier alpha value is -3.50. The molecule has 3 heterocycles. The first-order chi connectivity index (χ1) is 17.2. The molecule has 5 rings (SSSR count). The predicted molar refractivity (Wildman–Crippen MR) is 133 cm³/mol. The molecular weight excluding hydrogens is 489 g/mol. The second kappa shape index (κ2) is 9.51. The van der Waals surface area contributed by atoms with Crippen LogP contribution in [0.1, 0.15) is 17.5 Å². The molecule has 2 aromatic carbocycles. The highest BCUT2D eigenvalue weighted by Crippen LogP contribution is 2.34. The van der Waals surface area contributed by atoms with Crippen molar-refractivity contribution >= 4 is 26.7 Å². The molecule has 186 valence electrons. The van der Waals surface area contributed by atoms with Crippen LogP contribution in [0.2, 0.25) is 0 Å². The molecule has 6 nitrogen and oxygen atoms in total. The number of alkyl halides is 3. The van der Waals surface area contributed by atoms with Crippen molar-refractivity contribution in [3.8, 4) is 11.1 Å². The van der Waals surface area contributed by atoms with Crippen LogP contribution in [0.3, 0.4) is 0 Å². The average Bonchev–Trinajstić information content (AvgIpc) is 3.15. The van der Waals surface area contributed by atoms with Gasteiger partial charge in [0.05, 0.1) is 16.8 Å². The lowest BCUT2D eigenvalue weighted by Crippen LogP contribution is -2.37. The maximum absolute atomic E-state index is 13.0. The molecule has 2 aromatic heterocycles. The summed E-state index contributed by atoms with van der Waals surface area (Å²) >= 11 is 0. The van der Waals surface area contributed by atoms with Gasteiger partial charge in [-0.15, -0.1) is 0 Å². The zero-order chi connectivity index (χ0) is 25.3. The van der Waals surface area contributed by atoms with Crippen molar-refractivity contribution in [1.82, 2.24) is 14.3 Å². The Morgan fingerprint density at radius 3 is 2.44 bits per heavy atom. The summed E-state index contributed by atoms with van der Waals surface area (Å²) < 4.78 is 65.8. The van der Waals surface area contributed by atoms with Gasteiger partial charge >= 0.3 is 6.18 Å². The molecule has 10 heteroatoms. The van der Waals surface area contributed by atoms with E-state index >= 15 is 0 Å². The van der Waals surface area contributed by atoms with Crippen molar-refractivity contribution in [1.29, 1.82) is 0 Å². The topological polar surface area (TPSA) is 75.2 Å². The van der Waals surface area contributed by atoms with Gasteiger partial charge in [-0.05, 0) is 41.8 Å². The lowest BCUT2D eigenvalue weighted by molar-refractivity contribution is -0.137. The van der Waals surface area contributed by atoms with Crippen LogP contribution in [-0.4, -0.2) is 41.0 Å². The van der Waals surface area contributed by atoms with Crippen LogP contribution in [0.25, 0.3) is 22.0 Å². The maximum Gasteiger partial charge on any atom is 0.416 e. The second-order valence-corrected chi connectivity index (χ2v) is 10.7. The molecule has 1 aliphatic heterocycles. The van der Waals surface area contributed by atoms with Gasteiger partial charge < -0.3 is 5.32 Å². The van der Waals surface area contributed by atoms with Crippen LogP contribution < -0.4 is 5.32 Å². The third-order valence-corrected chi connectivity index (χ3v) is 8.22. The minimum atomic E-state index is -4.41. The zero-order valence-electron chi connectivity index (χ0n) is 19.1. The summed E-state index contributed by atoms with van der Waals surface area (Å²) in [6, 6.07) is 17.7. The summed E-state index contributed by atoms with van der Waals surface area (Å²) in [7, 11) is -3.36. The van der Waals surface area contributed by atoms with Crippen molar-refractivity contribution < 1.29 is 21.6 Å². The molecule has 0 spiro atoms. The van der Waals surface area contributed by atoms with E-state index in [2.05, 4.69) is 15.3 Å². The SMILES string of the molecule is O=S1(=O)CCC(CNc2ncc(-c3ccc(C(F)(F)F)cc3)c3ncccc23)N1Cc1ccccc1. The first-order valence-corrected chi connectivity index (χ1v) is 13.0. The first-order valence-electron chi connectivity index (χ1n) is 11.4. The number of nitrogens with one attached hydrogen (secondary N) is 1. The Kier molecular flexibility index (Phi) is 6.40. The molecule has 0 amide bonds. The molecule has 0 aliphatic carbocycles. The van der Waals surface area contributed by atoms with Crippen molar-refractivity contribution in [2.75, 3.05) is 17.6 Å². The maximum atomic E-state index is 13.0. The van der Waals surface area contributed by atoms with Crippen LogP contribution in [0, 0.1) is 0 Å². The second-order valence-electron chi connectivity index (χ2n) is 8.67. The molecule has 0 radical (unpaired) electrons. The van der Waals surface area contributed by atoms with E-state index in [1.807, 2.05) is 36.4 Å². The van der Waals surface area contributed by atoms with Gasteiger partial charge in [-0.25, -0.2) is 13.4 Å². The number of rotatable bonds is 6. The van der Waals surface area contributed by atoms with Crippen LogP contribution >= 0.6 is 0 Å². The Morgan fingerprint density at radius 1 is 0.972 bits per heavy atom. The monoisotopic (exact) mass is 512 g/mol. The van der Waals surface area contributed by atoms with Gasteiger partial charge in [0.25, 0.3) is 0 Å². The van der Waals surface area contributed by atoms with Gasteiger partial charge in [-0.2, -0.15) is 17.5 Å². The summed E-state index contributed by atoms with van der Waals surface area (Å²) in [5.74, 6) is 0.632. The van der Waals surface area contributed by atoms with Crippen LogP contribution in [0.5, 0.6) is 0 Å². The van der Waals surface area contributed by atoms with Crippen LogP contribution in [0.4, 0.5) is 19.0 Å². The van der Waals surface area contributed by atoms with E-state index in [0.29, 0.717) is 47.4 Å². The molecule has 1 saturated heterocycles. The van der Waals surface area contributed by atoms with E-state index < -0.39 is 21.8 Å². The van der Waals surface area contributed by atoms with E-state index in [1.165, 1.54) is 16.4 Å². The van der Waals surface area contributed by atoms with Gasteiger partial charge in [-0.3, -0.25) is 4.98 Å². The highest BCUT2D eigenvalue weighted by Gasteiger charge is 2.37. The molecule has 0 bridgehead atoms. The average molecular weight is 513 g/mol. The number of hydrogen-bond acceptors (Lipinski definition) is 5. The van der Waals surface area contributed by atoms with E-state index in [0.717, 1.165) is 17.7 Å². The van der Waals surface area contributed by atoms with Gasteiger partial charge in [0.1, 0.15) is 5.82 Å². The van der Waals surface area contributed by atoms with Gasteiger partial charge in [0, 0.05) is 42.5 Å². The Bertz CT molecular complexity index is 1480. The molecule has 36 heavy (non-hydrogen) atoms. The Labute approximate surface area is 206 Å². The molecule has 1 unspecified atom stereocenters. The highest BCUT2D eigenvalue weighted by molar-refractivity contribution is 7.89. The van der Waals surface area contributed by atoms with E-state index in [9.17, 15) is 21.6 Å². The van der Waals surface area contributed by atoms with Crippen LogP contribution in [0.15, 0.2) is 79.1 Å². The highest BCUT2D eigenvalue weighted by atomic mass is 32.2. The molecule has 1 N–H and O–H groups in total. The zero-order valence-corrected chi connectivity index (χ0v) is 19.9. The number of benzene rings is 2. The lowest BCUT2D eigenvalue weighted by atomic mass is 10.0. The third-order valence-electron chi connectivity index (χ3n) is 6.32. The van der Waals surface area contributed by atoms with Crippen molar-refractivity contribution in [2.45, 2.75) is 25.2 Å². The predicted octanol–water partition coefficient (Wildman–Crippen LogP) is 5.33. The smallest absolute Gasteiger partial charge is 0.368 e. The number of sulfonamides is 1. The fourth-order valence-corrected chi connectivity index (χ4v) is 6.23. The van der Waals surface area contributed by atoms with Gasteiger partial charge in [0.15, 0.2) is 0 Å². The number of anilines is 1. The van der Waals surface area contributed by atoms with Crippen molar-refractivity contribution in [3.05, 3.63) is 90.3 Å². The summed E-state index contributed by atoms with van der Waals surface area (Å²) in [5.41, 5.74) is 1.97. The molecule has 0 saturated carbocycles. The number of halogens is 3. The quantitative estimate of drug-likeness (QED) is 0.378. The van der Waals surface area contributed by atoms with E-state index in [1.54, 1.807) is 18.5 Å². The molecule has 1 atom stereocenters. The normalized spacial score (nSPS) is 17.9. The Morgan fingerprint density at radius 2 is 1.72 bits per heavy atom. The van der Waals surface area contributed by atoms with Gasteiger partial charge in [0.2, 0.25) is 10.0 Å². The molecular formula is C26H23F3N4O2S. The number of aromatic nitrogens is 2. The summed E-state index contributed by atoms with van der Waals surface area (Å²) in [6.07, 6.45) is -0.715. The Balaban J connectivity index is 1.40. The fourth-order valence-electron chi connectivity index (χ4n) is 4.44. The number of fused-ring (bicyclic) bond motifs is 1. The van der Waals surface area contributed by atoms with Gasteiger partial charge in [-0.1, -0.05) is 42.5 Å². The summed E-state index contributed by atoms with van der Waals surface area (Å²) in [6.45, 7) is 0.667. The minimum Gasteiger partial charge on any atom is -0.368 e. The number of pyridine rings is 2. The number of hydrogen-bond donors (Lipinski definition) is 1. The van der Waals surface area contributed by atoms with E-state index in [4.69, 9.17) is 0 Å². The van der Waals surface area contributed by atoms with Crippen LogP contribution in [-0.2, 0) is 22.7 Å². The third kappa shape index (κ3) is 4.91. The minimum absolute atomic E-state index is 0.0920. The summed E-state index contributed by atoms with van der Waals surface area (Å²) in [4.78, 5) is 8.97. The molecule has 1 aliphatic rings. The fraction of sp³-hybridized carbons (Fsp3) is 0.231. The summed E-state index contributed by atoms with van der Waals surface area (Å²) in [5, 5.41) is 3.98. The van der Waals surface area contributed by atoms with Crippen molar-refractivity contribution in [2.24, 2.45) is 0 Å². The molecule has 4 aromatic rings. The lowest BCUT2D eigenvalue weighted by Gasteiger charge is -2.24. The number of nitrogens with zero attached hydrogens (tertiary/aromatic N) is 3. The first kappa shape index (κ1) is 24.2.